The van der Waals surface area contributed by atoms with E-state index in [1.54, 1.807) is 6.20 Å². The Kier molecular flexibility index (Phi) is 7.82. The van der Waals surface area contributed by atoms with Crippen LogP contribution in [0, 0.1) is 6.92 Å². The zero-order valence-corrected chi connectivity index (χ0v) is 17.7. The summed E-state index contributed by atoms with van der Waals surface area (Å²) in [5, 5.41) is 7.41. The SMILES string of the molecule is Cc1ccc(-n2ncc(C(=O)Nc3ccc(OCCN)cc3)c2C(C)C)cc1.Cl. The summed E-state index contributed by atoms with van der Waals surface area (Å²) in [5.41, 5.74) is 9.70. The molecule has 0 aliphatic heterocycles. The number of hydrogen-bond donors (Lipinski definition) is 2. The van der Waals surface area contributed by atoms with Gasteiger partial charge in [0.25, 0.3) is 5.91 Å². The van der Waals surface area contributed by atoms with E-state index < -0.39 is 0 Å². The predicted molar refractivity (Wildman–Crippen MR) is 119 cm³/mol. The lowest BCUT2D eigenvalue weighted by Gasteiger charge is -2.13. The first-order valence-corrected chi connectivity index (χ1v) is 9.39. The average Bonchev–Trinajstić information content (AvgIpc) is 3.13. The minimum atomic E-state index is -0.183. The second-order valence-electron chi connectivity index (χ2n) is 6.96. The zero-order chi connectivity index (χ0) is 20.1. The number of hydrogen-bond acceptors (Lipinski definition) is 4. The Bertz CT molecular complexity index is 934. The molecule has 2 aromatic carbocycles. The third kappa shape index (κ3) is 5.37. The van der Waals surface area contributed by atoms with Crippen molar-refractivity contribution in [3.05, 3.63) is 71.5 Å². The molecule has 0 aliphatic carbocycles. The van der Waals surface area contributed by atoms with Gasteiger partial charge in [-0.1, -0.05) is 31.5 Å². The van der Waals surface area contributed by atoms with Crippen LogP contribution < -0.4 is 15.8 Å². The molecule has 3 aromatic rings. The molecule has 0 aliphatic rings. The fraction of sp³-hybridized carbons (Fsp3) is 0.273. The summed E-state index contributed by atoms with van der Waals surface area (Å²) in [6.45, 7) is 7.08. The molecule has 6 nitrogen and oxygen atoms in total. The van der Waals surface area contributed by atoms with Crippen molar-refractivity contribution in [3.8, 4) is 11.4 Å². The highest BCUT2D eigenvalue weighted by Gasteiger charge is 2.21. The van der Waals surface area contributed by atoms with Gasteiger partial charge in [0, 0.05) is 12.2 Å². The van der Waals surface area contributed by atoms with Crippen LogP contribution >= 0.6 is 12.4 Å². The quantitative estimate of drug-likeness (QED) is 0.603. The molecular formula is C22H27ClN4O2. The van der Waals surface area contributed by atoms with Gasteiger partial charge in [0.2, 0.25) is 0 Å². The number of benzene rings is 2. The van der Waals surface area contributed by atoms with Crippen molar-refractivity contribution in [2.45, 2.75) is 26.7 Å². The molecule has 29 heavy (non-hydrogen) atoms. The third-order valence-corrected chi connectivity index (χ3v) is 4.38. The highest BCUT2D eigenvalue weighted by molar-refractivity contribution is 6.05. The molecule has 3 rings (SSSR count). The van der Waals surface area contributed by atoms with Gasteiger partial charge >= 0.3 is 0 Å². The number of amides is 1. The van der Waals surface area contributed by atoms with E-state index in [9.17, 15) is 4.79 Å². The first-order chi connectivity index (χ1) is 13.5. The zero-order valence-electron chi connectivity index (χ0n) is 16.9. The van der Waals surface area contributed by atoms with Gasteiger partial charge in [-0.05, 0) is 49.2 Å². The van der Waals surface area contributed by atoms with Crippen LogP contribution in [0.3, 0.4) is 0 Å². The van der Waals surface area contributed by atoms with Crippen LogP contribution in [0.5, 0.6) is 5.75 Å². The highest BCUT2D eigenvalue weighted by Crippen LogP contribution is 2.24. The molecule has 0 saturated carbocycles. The number of rotatable bonds is 7. The maximum absolute atomic E-state index is 12.9. The van der Waals surface area contributed by atoms with Crippen LogP contribution in [-0.2, 0) is 0 Å². The van der Waals surface area contributed by atoms with Gasteiger partial charge in [0.05, 0.1) is 23.1 Å². The number of halogens is 1. The second kappa shape index (κ2) is 10.1. The van der Waals surface area contributed by atoms with E-state index in [1.807, 2.05) is 60.1 Å². The van der Waals surface area contributed by atoms with Crippen molar-refractivity contribution in [2.75, 3.05) is 18.5 Å². The van der Waals surface area contributed by atoms with Crippen molar-refractivity contribution >= 4 is 24.0 Å². The Labute approximate surface area is 177 Å². The lowest BCUT2D eigenvalue weighted by atomic mass is 10.0. The van der Waals surface area contributed by atoms with E-state index in [4.69, 9.17) is 10.5 Å². The van der Waals surface area contributed by atoms with Gasteiger partial charge in [-0.2, -0.15) is 5.10 Å². The van der Waals surface area contributed by atoms with Crippen LogP contribution in [0.4, 0.5) is 5.69 Å². The normalized spacial score (nSPS) is 10.5. The maximum Gasteiger partial charge on any atom is 0.259 e. The number of aromatic nitrogens is 2. The Balaban J connectivity index is 0.00000300. The lowest BCUT2D eigenvalue weighted by molar-refractivity contribution is 0.102. The minimum absolute atomic E-state index is 0. The Morgan fingerprint density at radius 1 is 1.14 bits per heavy atom. The minimum Gasteiger partial charge on any atom is -0.492 e. The predicted octanol–water partition coefficient (Wildman–Crippen LogP) is 4.32. The largest absolute Gasteiger partial charge is 0.492 e. The summed E-state index contributed by atoms with van der Waals surface area (Å²) >= 11 is 0. The van der Waals surface area contributed by atoms with E-state index in [2.05, 4.69) is 24.3 Å². The lowest BCUT2D eigenvalue weighted by Crippen LogP contribution is -2.15. The van der Waals surface area contributed by atoms with Gasteiger partial charge in [-0.3, -0.25) is 4.79 Å². The summed E-state index contributed by atoms with van der Waals surface area (Å²) in [6.07, 6.45) is 1.63. The van der Waals surface area contributed by atoms with Gasteiger partial charge in [-0.25, -0.2) is 4.68 Å². The standard InChI is InChI=1S/C22H26N4O2.ClH/c1-15(2)21-20(14-24-26(21)18-8-4-16(3)5-9-18)22(27)25-17-6-10-19(11-7-17)28-13-12-23;/h4-11,14-15H,12-13,23H2,1-3H3,(H,25,27);1H. The molecule has 0 fully saturated rings. The molecule has 0 atom stereocenters. The molecule has 7 heteroatoms. The van der Waals surface area contributed by atoms with E-state index in [1.165, 1.54) is 5.56 Å². The number of nitrogens with zero attached hydrogens (tertiary/aromatic N) is 2. The fourth-order valence-corrected chi connectivity index (χ4v) is 2.99. The molecule has 0 unspecified atom stereocenters. The van der Waals surface area contributed by atoms with Gasteiger partial charge in [0.1, 0.15) is 12.4 Å². The summed E-state index contributed by atoms with van der Waals surface area (Å²) in [4.78, 5) is 12.9. The molecule has 0 spiro atoms. The third-order valence-electron chi connectivity index (χ3n) is 4.38. The van der Waals surface area contributed by atoms with Crippen LogP contribution in [0.1, 0.15) is 41.4 Å². The number of aryl methyl sites for hydroxylation is 1. The molecule has 0 radical (unpaired) electrons. The van der Waals surface area contributed by atoms with Gasteiger partial charge in [0.15, 0.2) is 0 Å². The fourth-order valence-electron chi connectivity index (χ4n) is 2.99. The molecule has 0 bridgehead atoms. The van der Waals surface area contributed by atoms with E-state index in [0.29, 0.717) is 24.4 Å². The average molecular weight is 415 g/mol. The van der Waals surface area contributed by atoms with Crippen LogP contribution in [-0.4, -0.2) is 28.8 Å². The molecular weight excluding hydrogens is 388 g/mol. The van der Waals surface area contributed by atoms with Crippen molar-refractivity contribution in [1.82, 2.24) is 9.78 Å². The van der Waals surface area contributed by atoms with E-state index in [-0.39, 0.29) is 24.2 Å². The molecule has 0 saturated heterocycles. The number of nitrogens with one attached hydrogen (secondary N) is 1. The molecule has 1 aromatic heterocycles. The number of nitrogens with two attached hydrogens (primary N) is 1. The second-order valence-corrected chi connectivity index (χ2v) is 6.96. The first kappa shape index (κ1) is 22.5. The van der Waals surface area contributed by atoms with E-state index in [0.717, 1.165) is 17.1 Å². The van der Waals surface area contributed by atoms with Crippen molar-refractivity contribution in [3.63, 3.8) is 0 Å². The molecule has 3 N–H and O–H groups in total. The number of anilines is 1. The monoisotopic (exact) mass is 414 g/mol. The molecule has 1 amide bonds. The Morgan fingerprint density at radius 3 is 2.38 bits per heavy atom. The number of ether oxygens (including phenoxy) is 1. The van der Waals surface area contributed by atoms with Crippen molar-refractivity contribution < 1.29 is 9.53 Å². The summed E-state index contributed by atoms with van der Waals surface area (Å²) in [6, 6.07) is 15.3. The Morgan fingerprint density at radius 2 is 1.79 bits per heavy atom. The number of carbonyl (C=O) groups is 1. The van der Waals surface area contributed by atoms with Crippen LogP contribution in [0.25, 0.3) is 5.69 Å². The van der Waals surface area contributed by atoms with Gasteiger partial charge in [-0.15, -0.1) is 12.4 Å². The Hall–Kier alpha value is -2.83. The molecule has 154 valence electrons. The smallest absolute Gasteiger partial charge is 0.259 e. The van der Waals surface area contributed by atoms with Crippen LogP contribution in [0.2, 0.25) is 0 Å². The summed E-state index contributed by atoms with van der Waals surface area (Å²) in [7, 11) is 0. The van der Waals surface area contributed by atoms with Crippen LogP contribution in [0.15, 0.2) is 54.7 Å². The van der Waals surface area contributed by atoms with Crippen molar-refractivity contribution in [2.24, 2.45) is 5.73 Å². The summed E-state index contributed by atoms with van der Waals surface area (Å²) < 4.78 is 7.30. The summed E-state index contributed by atoms with van der Waals surface area (Å²) in [5.74, 6) is 0.674. The number of carbonyl (C=O) groups excluding carboxylic acids is 1. The first-order valence-electron chi connectivity index (χ1n) is 9.39. The maximum atomic E-state index is 12.9. The van der Waals surface area contributed by atoms with Crippen molar-refractivity contribution in [1.29, 1.82) is 0 Å². The van der Waals surface area contributed by atoms with E-state index >= 15 is 0 Å². The van der Waals surface area contributed by atoms with Gasteiger partial charge < -0.3 is 15.8 Å². The topological polar surface area (TPSA) is 82.2 Å². The highest BCUT2D eigenvalue weighted by atomic mass is 35.5. The molecule has 1 heterocycles.